The lowest BCUT2D eigenvalue weighted by Crippen LogP contribution is -2.27. The molecule has 0 atom stereocenters. The molecule has 0 N–H and O–H groups in total. The Morgan fingerprint density at radius 2 is 1.92 bits per heavy atom. The van der Waals surface area contributed by atoms with Crippen LogP contribution < -0.4 is 0 Å². The molecule has 3 nitrogen and oxygen atoms in total. The summed E-state index contributed by atoms with van der Waals surface area (Å²) in [5, 5.41) is 0.607. The Labute approximate surface area is 149 Å². The minimum absolute atomic E-state index is 0.108. The van der Waals surface area contributed by atoms with Crippen LogP contribution in [0.4, 0.5) is 4.39 Å². The molecule has 24 heavy (non-hydrogen) atoms. The van der Waals surface area contributed by atoms with Crippen molar-refractivity contribution in [3.63, 3.8) is 0 Å². The summed E-state index contributed by atoms with van der Waals surface area (Å²) in [5.41, 5.74) is 1.18. The topological polar surface area (TPSA) is 37.4 Å². The molecule has 0 heterocycles. The number of carbonyl (C=O) groups excluding carboxylic acids is 2. The first-order valence-electron chi connectivity index (χ1n) is 7.29. The molecule has 0 aliphatic rings. The lowest BCUT2D eigenvalue weighted by atomic mass is 10.1. The van der Waals surface area contributed by atoms with Crippen LogP contribution in [0.2, 0.25) is 5.02 Å². The van der Waals surface area contributed by atoms with E-state index in [1.807, 2.05) is 18.2 Å². The number of hydrogen-bond donors (Lipinski definition) is 0. The number of carbonyl (C=O) groups is 2. The highest BCUT2D eigenvalue weighted by molar-refractivity contribution is 8.00. The van der Waals surface area contributed by atoms with E-state index in [9.17, 15) is 14.0 Å². The Hall–Kier alpha value is -1.85. The normalized spacial score (nSPS) is 10.5. The van der Waals surface area contributed by atoms with Gasteiger partial charge in [0.25, 0.3) is 0 Å². The van der Waals surface area contributed by atoms with Gasteiger partial charge in [0.2, 0.25) is 5.91 Å². The van der Waals surface area contributed by atoms with Crippen LogP contribution in [-0.2, 0) is 11.3 Å². The zero-order chi connectivity index (χ0) is 17.7. The smallest absolute Gasteiger partial charge is 0.232 e. The number of Topliss-reactive ketones (excluding diaryl/α,β-unsaturated/α-hetero) is 1. The van der Waals surface area contributed by atoms with Gasteiger partial charge in [-0.3, -0.25) is 9.59 Å². The van der Waals surface area contributed by atoms with Crippen molar-refractivity contribution in [1.29, 1.82) is 0 Å². The highest BCUT2D eigenvalue weighted by Gasteiger charge is 2.13. The summed E-state index contributed by atoms with van der Waals surface area (Å²) in [6.45, 7) is 1.78. The molecule has 0 unspecified atom stereocenters. The van der Waals surface area contributed by atoms with E-state index in [1.165, 1.54) is 19.1 Å². The molecule has 6 heteroatoms. The largest absolute Gasteiger partial charge is 0.341 e. The molecule has 1 amide bonds. The second-order valence-corrected chi connectivity index (χ2v) is 6.76. The minimum atomic E-state index is -0.491. The number of hydrogen-bond acceptors (Lipinski definition) is 3. The van der Waals surface area contributed by atoms with Gasteiger partial charge in [0.1, 0.15) is 5.82 Å². The van der Waals surface area contributed by atoms with Gasteiger partial charge >= 0.3 is 0 Å². The summed E-state index contributed by atoms with van der Waals surface area (Å²) in [6.07, 6.45) is 0. The molecule has 0 saturated carbocycles. The molecule has 0 fully saturated rings. The van der Waals surface area contributed by atoms with Crippen LogP contribution >= 0.6 is 23.4 Å². The van der Waals surface area contributed by atoms with E-state index in [0.717, 1.165) is 17.3 Å². The maximum atomic E-state index is 13.9. The highest BCUT2D eigenvalue weighted by Crippen LogP contribution is 2.24. The first-order valence-corrected chi connectivity index (χ1v) is 8.65. The van der Waals surface area contributed by atoms with Gasteiger partial charge in [-0.05, 0) is 30.7 Å². The standard InChI is InChI=1S/C18H17ClFNO2S/c1-12(22)13-7-8-17(16(20)9-13)24-11-18(23)21(2)10-14-5-3-4-6-15(14)19/h3-9H,10-11H2,1-2H3. The molecule has 0 spiro atoms. The SMILES string of the molecule is CC(=O)c1ccc(SCC(=O)N(C)Cc2ccccc2Cl)c(F)c1. The molecule has 126 valence electrons. The summed E-state index contributed by atoms with van der Waals surface area (Å²) in [6, 6.07) is 11.6. The third kappa shape index (κ3) is 4.82. The Balaban J connectivity index is 1.95. The third-order valence-electron chi connectivity index (χ3n) is 3.48. The van der Waals surface area contributed by atoms with E-state index in [4.69, 9.17) is 11.6 Å². The minimum Gasteiger partial charge on any atom is -0.341 e. The summed E-state index contributed by atoms with van der Waals surface area (Å²) in [4.78, 5) is 25.3. The van der Waals surface area contributed by atoms with Crippen molar-refractivity contribution in [1.82, 2.24) is 4.90 Å². The van der Waals surface area contributed by atoms with Crippen molar-refractivity contribution >= 4 is 35.1 Å². The van der Waals surface area contributed by atoms with Crippen LogP contribution in [0.1, 0.15) is 22.8 Å². The summed E-state index contributed by atoms with van der Waals surface area (Å²) >= 11 is 7.19. The average molecular weight is 366 g/mol. The van der Waals surface area contributed by atoms with Gasteiger partial charge in [0.05, 0.1) is 5.75 Å². The van der Waals surface area contributed by atoms with Crippen molar-refractivity contribution in [2.24, 2.45) is 0 Å². The Kier molecular flexibility index (Phi) is 6.40. The second-order valence-electron chi connectivity index (χ2n) is 5.33. The lowest BCUT2D eigenvalue weighted by molar-refractivity contribution is -0.127. The fourth-order valence-electron chi connectivity index (χ4n) is 2.06. The number of thioether (sulfide) groups is 1. The summed E-state index contributed by atoms with van der Waals surface area (Å²) in [5.74, 6) is -0.706. The number of nitrogens with zero attached hydrogens (tertiary/aromatic N) is 1. The first kappa shape index (κ1) is 18.5. The monoisotopic (exact) mass is 365 g/mol. The molecule has 0 bridgehead atoms. The molecule has 2 aromatic carbocycles. The van der Waals surface area contributed by atoms with Gasteiger partial charge in [0.15, 0.2) is 5.78 Å². The highest BCUT2D eigenvalue weighted by atomic mass is 35.5. The molecule has 0 radical (unpaired) electrons. The van der Waals surface area contributed by atoms with Crippen LogP contribution in [0.5, 0.6) is 0 Å². The summed E-state index contributed by atoms with van der Waals surface area (Å²) in [7, 11) is 1.68. The number of halogens is 2. The lowest BCUT2D eigenvalue weighted by Gasteiger charge is -2.18. The van der Waals surface area contributed by atoms with Crippen molar-refractivity contribution in [2.75, 3.05) is 12.8 Å². The van der Waals surface area contributed by atoms with Gasteiger partial charge in [-0.15, -0.1) is 11.8 Å². The fraction of sp³-hybridized carbons (Fsp3) is 0.222. The third-order valence-corrected chi connectivity index (χ3v) is 4.88. The van der Waals surface area contributed by atoms with Gasteiger partial charge < -0.3 is 4.90 Å². The van der Waals surface area contributed by atoms with Crippen LogP contribution in [-0.4, -0.2) is 29.4 Å². The van der Waals surface area contributed by atoms with Gasteiger partial charge in [0, 0.05) is 29.1 Å². The van der Waals surface area contributed by atoms with Crippen LogP contribution in [0.25, 0.3) is 0 Å². The van der Waals surface area contributed by atoms with Crippen molar-refractivity contribution in [2.45, 2.75) is 18.4 Å². The van der Waals surface area contributed by atoms with Crippen molar-refractivity contribution in [3.05, 3.63) is 64.4 Å². The molecule has 0 aromatic heterocycles. The molecule has 0 saturated heterocycles. The average Bonchev–Trinajstić information content (AvgIpc) is 2.55. The molecule has 0 aliphatic heterocycles. The van der Waals surface area contributed by atoms with Gasteiger partial charge in [-0.25, -0.2) is 4.39 Å². The van der Waals surface area contributed by atoms with Crippen molar-refractivity contribution in [3.8, 4) is 0 Å². The quantitative estimate of drug-likeness (QED) is 0.561. The zero-order valence-corrected chi connectivity index (χ0v) is 15.0. The zero-order valence-electron chi connectivity index (χ0n) is 13.4. The predicted octanol–water partition coefficient (Wildman–Crippen LogP) is 4.43. The maximum Gasteiger partial charge on any atom is 0.232 e. The van der Waals surface area contributed by atoms with Crippen LogP contribution in [0.3, 0.4) is 0 Å². The Morgan fingerprint density at radius 3 is 2.54 bits per heavy atom. The van der Waals surface area contributed by atoms with Gasteiger partial charge in [-0.2, -0.15) is 0 Å². The van der Waals surface area contributed by atoms with E-state index >= 15 is 0 Å². The molecule has 0 aliphatic carbocycles. The molecular weight excluding hydrogens is 349 g/mol. The fourth-order valence-corrected chi connectivity index (χ4v) is 3.11. The van der Waals surface area contributed by atoms with E-state index in [0.29, 0.717) is 22.0 Å². The van der Waals surface area contributed by atoms with E-state index in [-0.39, 0.29) is 17.4 Å². The van der Waals surface area contributed by atoms with Crippen LogP contribution in [0, 0.1) is 5.82 Å². The van der Waals surface area contributed by atoms with Gasteiger partial charge in [-0.1, -0.05) is 35.9 Å². The Morgan fingerprint density at radius 1 is 1.21 bits per heavy atom. The number of rotatable bonds is 6. The second kappa shape index (κ2) is 8.31. The van der Waals surface area contributed by atoms with E-state index in [2.05, 4.69) is 0 Å². The summed E-state index contributed by atoms with van der Waals surface area (Å²) < 4.78 is 13.9. The Bertz CT molecular complexity index is 766. The first-order chi connectivity index (χ1) is 11.4. The van der Waals surface area contributed by atoms with E-state index in [1.54, 1.807) is 24.1 Å². The van der Waals surface area contributed by atoms with Crippen LogP contribution in [0.15, 0.2) is 47.4 Å². The molecule has 2 rings (SSSR count). The number of benzene rings is 2. The molecular formula is C18H17ClFNO2S. The number of ketones is 1. The predicted molar refractivity (Wildman–Crippen MR) is 95.1 cm³/mol. The maximum absolute atomic E-state index is 13.9. The van der Waals surface area contributed by atoms with E-state index < -0.39 is 5.82 Å². The molecule has 2 aromatic rings. The number of amides is 1. The van der Waals surface area contributed by atoms with Crippen molar-refractivity contribution < 1.29 is 14.0 Å².